The van der Waals surface area contributed by atoms with Crippen LogP contribution < -0.4 is 0 Å². The summed E-state index contributed by atoms with van der Waals surface area (Å²) in [6, 6.07) is 0. The van der Waals surface area contributed by atoms with E-state index in [-0.39, 0.29) is 18.8 Å². The van der Waals surface area contributed by atoms with Crippen molar-refractivity contribution < 1.29 is 19.3 Å². The number of rotatable bonds is 4. The summed E-state index contributed by atoms with van der Waals surface area (Å²) in [7, 11) is 0. The molecule has 0 bridgehead atoms. The smallest absolute Gasteiger partial charge is 0.163 e. The van der Waals surface area contributed by atoms with Gasteiger partial charge in [0.05, 0.1) is 18.8 Å². The maximum absolute atomic E-state index is 8.96. The van der Waals surface area contributed by atoms with Crippen molar-refractivity contribution in [1.29, 1.82) is 0 Å². The van der Waals surface area contributed by atoms with Crippen LogP contribution in [0.1, 0.15) is 47.5 Å². The molecule has 1 aliphatic rings. The van der Waals surface area contributed by atoms with Gasteiger partial charge >= 0.3 is 0 Å². The Kier molecular flexibility index (Phi) is 8.78. The van der Waals surface area contributed by atoms with E-state index < -0.39 is 5.79 Å². The number of aliphatic hydroxyl groups excluding tert-OH is 1. The van der Waals surface area contributed by atoms with Crippen LogP contribution in [-0.2, 0) is 14.2 Å². The molecule has 4 nitrogen and oxygen atoms in total. The van der Waals surface area contributed by atoms with Gasteiger partial charge in [-0.05, 0) is 34.1 Å². The second-order valence-corrected chi connectivity index (χ2v) is 4.49. The average Bonchev–Trinajstić information content (AvgIpc) is 2.28. The third kappa shape index (κ3) is 7.71. The Morgan fingerprint density at radius 3 is 2.00 bits per heavy atom. The topological polar surface area (TPSA) is 47.9 Å². The molecule has 0 aliphatic carbocycles. The van der Waals surface area contributed by atoms with E-state index in [0.717, 1.165) is 26.1 Å². The lowest BCUT2D eigenvalue weighted by Crippen LogP contribution is -2.45. The predicted molar refractivity (Wildman–Crippen MR) is 68.0 cm³/mol. The third-order valence-electron chi connectivity index (χ3n) is 2.49. The van der Waals surface area contributed by atoms with E-state index in [1.165, 1.54) is 0 Å². The molecule has 0 unspecified atom stereocenters. The van der Waals surface area contributed by atoms with Crippen molar-refractivity contribution in [2.75, 3.05) is 19.8 Å². The molecule has 104 valence electrons. The molecule has 1 N–H and O–H groups in total. The van der Waals surface area contributed by atoms with Crippen LogP contribution in [0.5, 0.6) is 0 Å². The van der Waals surface area contributed by atoms with Gasteiger partial charge in [-0.1, -0.05) is 6.92 Å². The van der Waals surface area contributed by atoms with Crippen molar-refractivity contribution >= 4 is 0 Å². The third-order valence-corrected chi connectivity index (χ3v) is 2.49. The molecule has 0 aromatic carbocycles. The van der Waals surface area contributed by atoms with Crippen molar-refractivity contribution in [3.05, 3.63) is 0 Å². The van der Waals surface area contributed by atoms with Gasteiger partial charge in [-0.2, -0.15) is 0 Å². The molecule has 0 aromatic heterocycles. The van der Waals surface area contributed by atoms with Crippen LogP contribution in [0.3, 0.4) is 0 Å². The molecule has 1 saturated heterocycles. The Morgan fingerprint density at radius 1 is 1.12 bits per heavy atom. The molecule has 1 heterocycles. The highest BCUT2D eigenvalue weighted by Crippen LogP contribution is 2.27. The molecular formula is C13H28O4. The Hall–Kier alpha value is -0.160. The van der Waals surface area contributed by atoms with Gasteiger partial charge in [0, 0.05) is 19.6 Å². The van der Waals surface area contributed by atoms with Crippen LogP contribution in [0.25, 0.3) is 0 Å². The molecule has 1 fully saturated rings. The van der Waals surface area contributed by atoms with Crippen molar-refractivity contribution in [2.45, 2.75) is 65.5 Å². The Morgan fingerprint density at radius 2 is 1.65 bits per heavy atom. The van der Waals surface area contributed by atoms with Gasteiger partial charge in [0.25, 0.3) is 0 Å². The highest BCUT2D eigenvalue weighted by Gasteiger charge is 2.34. The summed E-state index contributed by atoms with van der Waals surface area (Å²) in [6.07, 6.45) is 1.95. The fourth-order valence-corrected chi connectivity index (χ4v) is 1.79. The Bertz CT molecular complexity index is 166. The lowest BCUT2D eigenvalue weighted by atomic mass is 10.1. The summed E-state index contributed by atoms with van der Waals surface area (Å²) in [5, 5.41) is 8.96. The molecule has 0 amide bonds. The molecule has 2 atom stereocenters. The standard InChI is InChI=1S/C9H18O3.C4H10O/c1-4-7-5-8(6-10)12-9(2,3)11-7;1-3-5-4-2/h7-8,10H,4-6H2,1-3H3;3-4H2,1-2H3/t7-,8-;/m1./s1. The number of hydrogen-bond donors (Lipinski definition) is 1. The highest BCUT2D eigenvalue weighted by molar-refractivity contribution is 4.74. The van der Waals surface area contributed by atoms with Gasteiger partial charge in [0.15, 0.2) is 5.79 Å². The average molecular weight is 248 g/mol. The van der Waals surface area contributed by atoms with Gasteiger partial charge in [-0.25, -0.2) is 0 Å². The van der Waals surface area contributed by atoms with E-state index in [1.807, 2.05) is 27.7 Å². The lowest BCUT2D eigenvalue weighted by Gasteiger charge is -2.39. The van der Waals surface area contributed by atoms with E-state index in [1.54, 1.807) is 0 Å². The zero-order valence-electron chi connectivity index (χ0n) is 11.9. The van der Waals surface area contributed by atoms with Crippen LogP contribution in [0, 0.1) is 0 Å². The summed E-state index contributed by atoms with van der Waals surface area (Å²) in [5.74, 6) is -0.535. The molecule has 1 aliphatic heterocycles. The zero-order valence-corrected chi connectivity index (χ0v) is 11.9. The monoisotopic (exact) mass is 248 g/mol. The fraction of sp³-hybridized carbons (Fsp3) is 1.00. The Balaban J connectivity index is 0.000000437. The van der Waals surface area contributed by atoms with Crippen LogP contribution in [0.2, 0.25) is 0 Å². The molecule has 0 spiro atoms. The molecule has 1 rings (SSSR count). The summed E-state index contributed by atoms with van der Waals surface area (Å²) >= 11 is 0. The molecule has 0 radical (unpaired) electrons. The number of aliphatic hydroxyl groups is 1. The van der Waals surface area contributed by atoms with Gasteiger partial charge in [-0.3, -0.25) is 0 Å². The van der Waals surface area contributed by atoms with Crippen molar-refractivity contribution in [3.63, 3.8) is 0 Å². The SMILES string of the molecule is CCOCC.CC[C@@H]1C[C@H](CO)OC(C)(C)O1. The predicted octanol–water partition coefficient (Wildman–Crippen LogP) is 2.34. The van der Waals surface area contributed by atoms with Crippen LogP contribution in [0.15, 0.2) is 0 Å². The first-order valence-corrected chi connectivity index (χ1v) is 6.53. The van der Waals surface area contributed by atoms with Crippen LogP contribution in [0.4, 0.5) is 0 Å². The van der Waals surface area contributed by atoms with E-state index in [0.29, 0.717) is 0 Å². The van der Waals surface area contributed by atoms with E-state index >= 15 is 0 Å². The quantitative estimate of drug-likeness (QED) is 0.829. The molecule has 0 saturated carbocycles. The minimum atomic E-state index is -0.535. The summed E-state index contributed by atoms with van der Waals surface area (Å²) < 4.78 is 15.9. The largest absolute Gasteiger partial charge is 0.394 e. The molecule has 4 heteroatoms. The Labute approximate surface area is 105 Å². The van der Waals surface area contributed by atoms with Gasteiger partial charge < -0.3 is 19.3 Å². The van der Waals surface area contributed by atoms with Gasteiger partial charge in [0.1, 0.15) is 0 Å². The maximum atomic E-state index is 8.96. The van der Waals surface area contributed by atoms with E-state index in [4.69, 9.17) is 19.3 Å². The van der Waals surface area contributed by atoms with Crippen molar-refractivity contribution in [1.82, 2.24) is 0 Å². The summed E-state index contributed by atoms with van der Waals surface area (Å²) in [4.78, 5) is 0. The van der Waals surface area contributed by atoms with Crippen LogP contribution in [-0.4, -0.2) is 42.9 Å². The molecular weight excluding hydrogens is 220 g/mol. The highest BCUT2D eigenvalue weighted by atomic mass is 16.7. The number of hydrogen-bond acceptors (Lipinski definition) is 4. The van der Waals surface area contributed by atoms with Gasteiger partial charge in [-0.15, -0.1) is 0 Å². The van der Waals surface area contributed by atoms with Crippen LogP contribution >= 0.6 is 0 Å². The lowest BCUT2D eigenvalue weighted by molar-refractivity contribution is -0.303. The van der Waals surface area contributed by atoms with Crippen molar-refractivity contribution in [3.8, 4) is 0 Å². The summed E-state index contributed by atoms with van der Waals surface area (Å²) in [5.41, 5.74) is 0. The van der Waals surface area contributed by atoms with Gasteiger partial charge in [0.2, 0.25) is 0 Å². The van der Waals surface area contributed by atoms with E-state index in [9.17, 15) is 0 Å². The number of ether oxygens (including phenoxy) is 3. The second-order valence-electron chi connectivity index (χ2n) is 4.49. The summed E-state index contributed by atoms with van der Waals surface area (Å²) in [6.45, 7) is 11.6. The first-order valence-electron chi connectivity index (χ1n) is 6.53. The maximum Gasteiger partial charge on any atom is 0.163 e. The first-order chi connectivity index (χ1) is 7.99. The second kappa shape index (κ2) is 8.86. The minimum Gasteiger partial charge on any atom is -0.394 e. The fourth-order valence-electron chi connectivity index (χ4n) is 1.79. The molecule has 0 aromatic rings. The van der Waals surface area contributed by atoms with Crippen molar-refractivity contribution in [2.24, 2.45) is 0 Å². The van der Waals surface area contributed by atoms with E-state index in [2.05, 4.69) is 6.92 Å². The zero-order chi connectivity index (χ0) is 13.3. The first kappa shape index (κ1) is 16.8. The minimum absolute atomic E-state index is 0.0568. The molecule has 17 heavy (non-hydrogen) atoms. The normalized spacial score (nSPS) is 27.2.